The number of thiophene rings is 1. The third-order valence-electron chi connectivity index (χ3n) is 2.61. The Morgan fingerprint density at radius 1 is 1.79 bits per heavy atom. The molecule has 1 heterocycles. The van der Waals surface area contributed by atoms with Crippen molar-refractivity contribution in [1.82, 2.24) is 5.32 Å². The van der Waals surface area contributed by atoms with Crippen LogP contribution < -0.4 is 5.32 Å². The normalized spacial score (nSPS) is 24.7. The van der Waals surface area contributed by atoms with Crippen LogP contribution in [0.4, 0.5) is 0 Å². The lowest BCUT2D eigenvalue weighted by molar-refractivity contribution is 0.0955. The molecule has 0 aromatic carbocycles. The SMILES string of the molecule is CC1CC1CNC(=O)c1cc(S)cs1. The highest BCUT2D eigenvalue weighted by atomic mass is 32.1. The van der Waals surface area contributed by atoms with E-state index in [9.17, 15) is 4.79 Å². The number of hydrogen-bond acceptors (Lipinski definition) is 3. The molecule has 0 saturated heterocycles. The molecule has 1 N–H and O–H groups in total. The number of hydrogen-bond donors (Lipinski definition) is 2. The van der Waals surface area contributed by atoms with Gasteiger partial charge in [-0.1, -0.05) is 6.92 Å². The molecule has 4 heteroatoms. The van der Waals surface area contributed by atoms with Gasteiger partial charge in [0.15, 0.2) is 0 Å². The topological polar surface area (TPSA) is 29.1 Å². The number of thiol groups is 1. The van der Waals surface area contributed by atoms with Crippen molar-refractivity contribution in [3.63, 3.8) is 0 Å². The molecule has 76 valence electrons. The van der Waals surface area contributed by atoms with Crippen LogP contribution in [0, 0.1) is 11.8 Å². The van der Waals surface area contributed by atoms with Gasteiger partial charge >= 0.3 is 0 Å². The molecule has 2 unspecified atom stereocenters. The van der Waals surface area contributed by atoms with Crippen LogP contribution in [-0.2, 0) is 0 Å². The molecule has 2 rings (SSSR count). The van der Waals surface area contributed by atoms with Crippen LogP contribution >= 0.6 is 24.0 Å². The van der Waals surface area contributed by atoms with Gasteiger partial charge in [0, 0.05) is 16.8 Å². The number of carbonyl (C=O) groups is 1. The van der Waals surface area contributed by atoms with E-state index in [0.29, 0.717) is 5.92 Å². The summed E-state index contributed by atoms with van der Waals surface area (Å²) < 4.78 is 0. The maximum atomic E-state index is 11.6. The van der Waals surface area contributed by atoms with Crippen LogP contribution in [0.15, 0.2) is 16.3 Å². The Bertz CT molecular complexity index is 348. The van der Waals surface area contributed by atoms with Crippen molar-refractivity contribution >= 4 is 29.9 Å². The summed E-state index contributed by atoms with van der Waals surface area (Å²) in [4.78, 5) is 13.2. The molecule has 0 aliphatic heterocycles. The highest BCUT2D eigenvalue weighted by Crippen LogP contribution is 2.36. The van der Waals surface area contributed by atoms with Crippen LogP contribution in [0.25, 0.3) is 0 Å². The lowest BCUT2D eigenvalue weighted by Gasteiger charge is -2.01. The maximum absolute atomic E-state index is 11.6. The fourth-order valence-electron chi connectivity index (χ4n) is 1.44. The summed E-state index contributed by atoms with van der Waals surface area (Å²) in [7, 11) is 0. The fraction of sp³-hybridized carbons (Fsp3) is 0.500. The summed E-state index contributed by atoms with van der Waals surface area (Å²) in [5.74, 6) is 1.53. The summed E-state index contributed by atoms with van der Waals surface area (Å²) >= 11 is 5.61. The van der Waals surface area contributed by atoms with Gasteiger partial charge in [-0.15, -0.1) is 24.0 Å². The number of amides is 1. The summed E-state index contributed by atoms with van der Waals surface area (Å²) in [5, 5.41) is 4.81. The number of nitrogens with one attached hydrogen (secondary N) is 1. The minimum absolute atomic E-state index is 0.0365. The number of carbonyl (C=O) groups excluding carboxylic acids is 1. The van der Waals surface area contributed by atoms with E-state index in [1.807, 2.05) is 5.38 Å². The minimum Gasteiger partial charge on any atom is -0.351 e. The second-order valence-electron chi connectivity index (χ2n) is 3.85. The van der Waals surface area contributed by atoms with Gasteiger partial charge in [0.05, 0.1) is 4.88 Å². The lowest BCUT2D eigenvalue weighted by atomic mass is 10.3. The summed E-state index contributed by atoms with van der Waals surface area (Å²) in [5.41, 5.74) is 0. The largest absolute Gasteiger partial charge is 0.351 e. The second kappa shape index (κ2) is 3.95. The van der Waals surface area contributed by atoms with E-state index in [2.05, 4.69) is 24.9 Å². The monoisotopic (exact) mass is 227 g/mol. The first-order chi connectivity index (χ1) is 6.66. The van der Waals surface area contributed by atoms with E-state index >= 15 is 0 Å². The molecule has 2 nitrogen and oxygen atoms in total. The average molecular weight is 227 g/mol. The summed E-state index contributed by atoms with van der Waals surface area (Å²) in [6.07, 6.45) is 1.25. The zero-order chi connectivity index (χ0) is 10.1. The number of rotatable bonds is 3. The Labute approximate surface area is 93.1 Å². The highest BCUT2D eigenvalue weighted by molar-refractivity contribution is 7.80. The smallest absolute Gasteiger partial charge is 0.261 e. The van der Waals surface area contributed by atoms with E-state index in [1.54, 1.807) is 6.07 Å². The zero-order valence-electron chi connectivity index (χ0n) is 7.99. The molecule has 0 radical (unpaired) electrons. The molecule has 1 saturated carbocycles. The van der Waals surface area contributed by atoms with E-state index < -0.39 is 0 Å². The predicted octanol–water partition coefficient (Wildman–Crippen LogP) is 2.42. The Morgan fingerprint density at radius 2 is 2.50 bits per heavy atom. The van der Waals surface area contributed by atoms with E-state index in [-0.39, 0.29) is 5.91 Å². The van der Waals surface area contributed by atoms with Gasteiger partial charge < -0.3 is 5.32 Å². The summed E-state index contributed by atoms with van der Waals surface area (Å²) in [6.45, 7) is 3.04. The third-order valence-corrected chi connectivity index (χ3v) is 3.97. The molecule has 1 aromatic rings. The first-order valence-corrected chi connectivity index (χ1v) is 6.05. The van der Waals surface area contributed by atoms with Crippen molar-refractivity contribution in [1.29, 1.82) is 0 Å². The van der Waals surface area contributed by atoms with Gasteiger partial charge in [-0.05, 0) is 24.3 Å². The van der Waals surface area contributed by atoms with Crippen molar-refractivity contribution in [3.05, 3.63) is 16.3 Å². The van der Waals surface area contributed by atoms with Crippen molar-refractivity contribution < 1.29 is 4.79 Å². The zero-order valence-corrected chi connectivity index (χ0v) is 9.70. The first-order valence-electron chi connectivity index (χ1n) is 4.72. The molecule has 1 aliphatic rings. The van der Waals surface area contributed by atoms with Crippen molar-refractivity contribution in [2.24, 2.45) is 11.8 Å². The third kappa shape index (κ3) is 2.30. The molecule has 0 bridgehead atoms. The van der Waals surface area contributed by atoms with Gasteiger partial charge in [0.2, 0.25) is 0 Å². The Balaban J connectivity index is 1.83. The molecule has 14 heavy (non-hydrogen) atoms. The first kappa shape index (κ1) is 10.1. The Hall–Kier alpha value is -0.480. The van der Waals surface area contributed by atoms with Crippen LogP contribution in [0.5, 0.6) is 0 Å². The van der Waals surface area contributed by atoms with Crippen LogP contribution in [0.3, 0.4) is 0 Å². The van der Waals surface area contributed by atoms with Crippen molar-refractivity contribution in [2.75, 3.05) is 6.54 Å². The molecule has 1 fully saturated rings. The molecule has 0 spiro atoms. The highest BCUT2D eigenvalue weighted by Gasteiger charge is 2.32. The minimum atomic E-state index is 0.0365. The molecular weight excluding hydrogens is 214 g/mol. The predicted molar refractivity (Wildman–Crippen MR) is 61.2 cm³/mol. The van der Waals surface area contributed by atoms with Gasteiger partial charge in [0.25, 0.3) is 5.91 Å². The quantitative estimate of drug-likeness (QED) is 0.763. The Kier molecular flexibility index (Phi) is 2.83. The van der Waals surface area contributed by atoms with Gasteiger partial charge in [0.1, 0.15) is 0 Å². The fourth-order valence-corrected chi connectivity index (χ4v) is 2.50. The Morgan fingerprint density at radius 3 is 3.00 bits per heavy atom. The van der Waals surface area contributed by atoms with Crippen LogP contribution in [-0.4, -0.2) is 12.5 Å². The second-order valence-corrected chi connectivity index (χ2v) is 5.28. The van der Waals surface area contributed by atoms with Crippen LogP contribution in [0.1, 0.15) is 23.0 Å². The van der Waals surface area contributed by atoms with Gasteiger partial charge in [-0.3, -0.25) is 4.79 Å². The van der Waals surface area contributed by atoms with Crippen molar-refractivity contribution in [2.45, 2.75) is 18.2 Å². The molecule has 1 amide bonds. The van der Waals surface area contributed by atoms with Crippen LogP contribution in [0.2, 0.25) is 0 Å². The summed E-state index contributed by atoms with van der Waals surface area (Å²) in [6, 6.07) is 1.80. The maximum Gasteiger partial charge on any atom is 0.261 e. The lowest BCUT2D eigenvalue weighted by Crippen LogP contribution is -2.24. The van der Waals surface area contributed by atoms with Gasteiger partial charge in [-0.2, -0.15) is 0 Å². The molecule has 1 aromatic heterocycles. The molecular formula is C10H13NOS2. The van der Waals surface area contributed by atoms with E-state index in [4.69, 9.17) is 0 Å². The van der Waals surface area contributed by atoms with Gasteiger partial charge in [-0.25, -0.2) is 0 Å². The standard InChI is InChI=1S/C10H13NOS2/c1-6-2-7(6)4-11-10(12)9-3-8(13)5-14-9/h3,5-7,13H,2,4H2,1H3,(H,11,12). The van der Waals surface area contributed by atoms with E-state index in [0.717, 1.165) is 22.2 Å². The van der Waals surface area contributed by atoms with Crippen molar-refractivity contribution in [3.8, 4) is 0 Å². The van der Waals surface area contributed by atoms with E-state index in [1.165, 1.54) is 17.8 Å². The molecule has 2 atom stereocenters. The molecule has 1 aliphatic carbocycles. The average Bonchev–Trinajstić information content (AvgIpc) is 2.66.